The van der Waals surface area contributed by atoms with Crippen molar-refractivity contribution in [3.63, 3.8) is 0 Å². The fraction of sp³-hybridized carbons (Fsp3) is 0.278. The first kappa shape index (κ1) is 15.9. The molecule has 0 aromatic heterocycles. The average Bonchev–Trinajstić information content (AvgIpc) is 2.78. The van der Waals surface area contributed by atoms with Gasteiger partial charge in [0.05, 0.1) is 5.57 Å². The van der Waals surface area contributed by atoms with Gasteiger partial charge in [0.1, 0.15) is 22.8 Å². The van der Waals surface area contributed by atoms with E-state index in [1.807, 2.05) is 12.1 Å². The number of hydrogen-bond donors (Lipinski definition) is 1. The van der Waals surface area contributed by atoms with Gasteiger partial charge in [-0.3, -0.25) is 9.59 Å². The number of carbonyl (C=O) groups excluding carboxylic acids is 2. The van der Waals surface area contributed by atoms with E-state index in [0.29, 0.717) is 36.3 Å². The Bertz CT molecular complexity index is 957. The number of fused-ring (bicyclic) bond motifs is 3. The molecular formula is C18H14BrN3O3. The van der Waals surface area contributed by atoms with Crippen molar-refractivity contribution in [3.8, 4) is 6.07 Å². The summed E-state index contributed by atoms with van der Waals surface area (Å²) in [7, 11) is 1.64. The van der Waals surface area contributed by atoms with Crippen LogP contribution in [-0.2, 0) is 19.7 Å². The van der Waals surface area contributed by atoms with E-state index in [1.54, 1.807) is 19.2 Å². The van der Waals surface area contributed by atoms with Gasteiger partial charge in [0.2, 0.25) is 11.8 Å². The number of nitrogens with two attached hydrogens (primary N) is 1. The minimum atomic E-state index is -1.52. The predicted molar refractivity (Wildman–Crippen MR) is 93.0 cm³/mol. The van der Waals surface area contributed by atoms with E-state index in [-0.39, 0.29) is 28.7 Å². The molecule has 2 aliphatic heterocycles. The minimum absolute atomic E-state index is 0.0183. The Morgan fingerprint density at radius 1 is 1.36 bits per heavy atom. The Balaban J connectivity index is 2.16. The number of allylic oxidation sites excluding steroid dienone is 1. The van der Waals surface area contributed by atoms with Crippen LogP contribution in [0.4, 0.5) is 5.69 Å². The molecule has 2 heterocycles. The van der Waals surface area contributed by atoms with Crippen LogP contribution in [0.5, 0.6) is 0 Å². The first-order chi connectivity index (χ1) is 11.9. The van der Waals surface area contributed by atoms with E-state index >= 15 is 0 Å². The molecule has 2 N–H and O–H groups in total. The van der Waals surface area contributed by atoms with Crippen molar-refractivity contribution >= 4 is 33.3 Å². The lowest BCUT2D eigenvalue weighted by atomic mass is 9.65. The highest BCUT2D eigenvalue weighted by molar-refractivity contribution is 9.10. The molecule has 1 aliphatic carbocycles. The Labute approximate surface area is 152 Å². The number of nitriles is 1. The topological polar surface area (TPSA) is 96.4 Å². The number of halogens is 1. The second-order valence-corrected chi connectivity index (χ2v) is 7.22. The molecule has 6 nitrogen and oxygen atoms in total. The van der Waals surface area contributed by atoms with Gasteiger partial charge in [-0.15, -0.1) is 0 Å². The van der Waals surface area contributed by atoms with Crippen LogP contribution in [0.2, 0.25) is 0 Å². The lowest BCUT2D eigenvalue weighted by molar-refractivity contribution is -0.124. The molecule has 3 aliphatic rings. The molecule has 1 aromatic rings. The van der Waals surface area contributed by atoms with Crippen molar-refractivity contribution in [3.05, 3.63) is 51.0 Å². The van der Waals surface area contributed by atoms with E-state index in [4.69, 9.17) is 10.5 Å². The van der Waals surface area contributed by atoms with Gasteiger partial charge in [0.25, 0.3) is 0 Å². The summed E-state index contributed by atoms with van der Waals surface area (Å²) < 4.78 is 6.34. The van der Waals surface area contributed by atoms with E-state index in [1.165, 1.54) is 4.90 Å². The predicted octanol–water partition coefficient (Wildman–Crippen LogP) is 2.39. The molecule has 1 amide bonds. The molecule has 1 spiro atoms. The normalized spacial score (nSPS) is 25.1. The van der Waals surface area contributed by atoms with Gasteiger partial charge >= 0.3 is 0 Å². The molecule has 4 rings (SSSR count). The van der Waals surface area contributed by atoms with E-state index in [2.05, 4.69) is 15.9 Å². The summed E-state index contributed by atoms with van der Waals surface area (Å²) >= 11 is 3.42. The summed E-state index contributed by atoms with van der Waals surface area (Å²) in [6, 6.07) is 7.42. The Morgan fingerprint density at radius 3 is 2.84 bits per heavy atom. The number of rotatable bonds is 0. The zero-order valence-electron chi connectivity index (χ0n) is 13.4. The number of nitrogens with zero attached hydrogens (tertiary/aromatic N) is 2. The monoisotopic (exact) mass is 399 g/mol. The van der Waals surface area contributed by atoms with E-state index in [0.717, 1.165) is 4.47 Å². The third-order valence-corrected chi connectivity index (χ3v) is 5.55. The Hall–Kier alpha value is -2.59. The molecule has 0 radical (unpaired) electrons. The first-order valence-electron chi connectivity index (χ1n) is 7.86. The van der Waals surface area contributed by atoms with Crippen molar-refractivity contribution in [1.29, 1.82) is 5.26 Å². The summed E-state index contributed by atoms with van der Waals surface area (Å²) in [6.07, 6.45) is 1.48. The molecule has 0 bridgehead atoms. The summed E-state index contributed by atoms with van der Waals surface area (Å²) in [5.41, 5.74) is 5.97. The molecule has 7 heteroatoms. The Morgan fingerprint density at radius 2 is 2.12 bits per heavy atom. The van der Waals surface area contributed by atoms with Crippen LogP contribution in [-0.4, -0.2) is 18.7 Å². The average molecular weight is 400 g/mol. The van der Waals surface area contributed by atoms with Crippen LogP contribution in [0.25, 0.3) is 0 Å². The van der Waals surface area contributed by atoms with Gasteiger partial charge in [0, 0.05) is 35.6 Å². The summed E-state index contributed by atoms with van der Waals surface area (Å²) in [5.74, 6) is -0.227. The van der Waals surface area contributed by atoms with Crippen LogP contribution in [0, 0.1) is 11.3 Å². The molecule has 1 aromatic carbocycles. The van der Waals surface area contributed by atoms with E-state index < -0.39 is 5.41 Å². The maximum absolute atomic E-state index is 13.4. The molecule has 25 heavy (non-hydrogen) atoms. The minimum Gasteiger partial charge on any atom is -0.444 e. The van der Waals surface area contributed by atoms with Gasteiger partial charge in [-0.1, -0.05) is 15.9 Å². The number of carbonyl (C=O) groups is 2. The molecule has 0 fully saturated rings. The number of hydrogen-bond acceptors (Lipinski definition) is 5. The fourth-order valence-electron chi connectivity index (χ4n) is 4.03. The number of Topliss-reactive ketones (excluding diaryl/α,β-unsaturated/α-hetero) is 1. The smallest absolute Gasteiger partial charge is 0.247 e. The van der Waals surface area contributed by atoms with Gasteiger partial charge in [0.15, 0.2) is 5.78 Å². The summed E-state index contributed by atoms with van der Waals surface area (Å²) in [6.45, 7) is 0. The Kier molecular flexibility index (Phi) is 3.31. The van der Waals surface area contributed by atoms with Gasteiger partial charge < -0.3 is 15.4 Å². The largest absolute Gasteiger partial charge is 0.444 e. The second kappa shape index (κ2) is 5.20. The molecule has 126 valence electrons. The number of ether oxygens (including phenoxy) is 1. The second-order valence-electron chi connectivity index (χ2n) is 6.30. The fourth-order valence-corrected chi connectivity index (χ4v) is 4.39. The third kappa shape index (κ3) is 1.83. The van der Waals surface area contributed by atoms with Crippen molar-refractivity contribution in [2.24, 2.45) is 5.73 Å². The number of likely N-dealkylation sites (N-methyl/N-ethyl adjacent to an activating group) is 1. The number of benzene rings is 1. The lowest BCUT2D eigenvalue weighted by Crippen LogP contribution is -2.48. The van der Waals surface area contributed by atoms with Gasteiger partial charge in [-0.05, 0) is 24.6 Å². The molecule has 0 unspecified atom stereocenters. The van der Waals surface area contributed by atoms with Crippen LogP contribution in [0.3, 0.4) is 0 Å². The van der Waals surface area contributed by atoms with Crippen molar-refractivity contribution in [2.75, 3.05) is 11.9 Å². The van der Waals surface area contributed by atoms with Crippen LogP contribution >= 0.6 is 15.9 Å². The van der Waals surface area contributed by atoms with Gasteiger partial charge in [-0.25, -0.2) is 0 Å². The SMILES string of the molecule is CN1C(=O)[C@@]2(C(C#N)=C(N)OC3=C2C(=O)CCC3)c2cc(Br)ccc21. The zero-order valence-corrected chi connectivity index (χ0v) is 15.0. The van der Waals surface area contributed by atoms with Gasteiger partial charge in [-0.2, -0.15) is 5.26 Å². The molecule has 1 atom stereocenters. The highest BCUT2D eigenvalue weighted by atomic mass is 79.9. The number of amides is 1. The standard InChI is InChI=1S/C18H14BrN3O3/c1-22-12-6-5-9(19)7-10(12)18(17(22)24)11(8-20)16(21)25-14-4-2-3-13(23)15(14)18/h5-7H,2-4,21H2,1H3/t18-/m1/s1. The lowest BCUT2D eigenvalue weighted by Gasteiger charge is -2.37. The van der Waals surface area contributed by atoms with Crippen LogP contribution in [0.15, 0.2) is 45.5 Å². The zero-order chi connectivity index (χ0) is 17.9. The number of anilines is 1. The quantitative estimate of drug-likeness (QED) is 0.722. The summed E-state index contributed by atoms with van der Waals surface area (Å²) in [4.78, 5) is 27.7. The third-order valence-electron chi connectivity index (χ3n) is 5.06. The highest BCUT2D eigenvalue weighted by Gasteiger charge is 2.61. The highest BCUT2D eigenvalue weighted by Crippen LogP contribution is 2.55. The molecular weight excluding hydrogens is 386 g/mol. The molecule has 0 saturated carbocycles. The van der Waals surface area contributed by atoms with Crippen LogP contribution in [0.1, 0.15) is 24.8 Å². The maximum Gasteiger partial charge on any atom is 0.247 e. The van der Waals surface area contributed by atoms with E-state index in [9.17, 15) is 14.9 Å². The van der Waals surface area contributed by atoms with Crippen LogP contribution < -0.4 is 10.6 Å². The van der Waals surface area contributed by atoms with Crippen molar-refractivity contribution in [1.82, 2.24) is 0 Å². The first-order valence-corrected chi connectivity index (χ1v) is 8.65. The molecule has 0 saturated heterocycles. The van der Waals surface area contributed by atoms with Crippen molar-refractivity contribution in [2.45, 2.75) is 24.7 Å². The van der Waals surface area contributed by atoms with Crippen molar-refractivity contribution < 1.29 is 14.3 Å². The number of ketones is 1. The summed E-state index contributed by atoms with van der Waals surface area (Å²) in [5, 5.41) is 9.78. The maximum atomic E-state index is 13.4.